The third-order valence-electron chi connectivity index (χ3n) is 2.87. The number of hydrogen-bond donors (Lipinski definition) is 1. The minimum absolute atomic E-state index is 0.0364. The Labute approximate surface area is 87.4 Å². The Morgan fingerprint density at radius 3 is 2.86 bits per heavy atom. The van der Waals surface area contributed by atoms with E-state index in [1.807, 2.05) is 11.8 Å². The Morgan fingerprint density at radius 1 is 1.50 bits per heavy atom. The lowest BCUT2D eigenvalue weighted by Crippen LogP contribution is -2.48. The molecule has 0 saturated carbocycles. The fourth-order valence-electron chi connectivity index (χ4n) is 2.05. The number of amides is 1. The number of thioether (sulfide) groups is 1. The standard InChI is InChI=1S/C9H14N2O2S/c12-4-3-11-8(13)7-9(10-11)1-5-14-6-2-9/h4,10H,1-3,5-7H2. The number of hydrazine groups is 1. The molecule has 1 spiro atoms. The molecule has 1 N–H and O–H groups in total. The van der Waals surface area contributed by atoms with E-state index in [4.69, 9.17) is 0 Å². The fraction of sp³-hybridized carbons (Fsp3) is 0.778. The van der Waals surface area contributed by atoms with E-state index in [1.165, 1.54) is 5.01 Å². The first kappa shape index (κ1) is 9.98. The highest BCUT2D eigenvalue weighted by atomic mass is 32.2. The summed E-state index contributed by atoms with van der Waals surface area (Å²) in [5, 5.41) is 1.46. The average molecular weight is 214 g/mol. The van der Waals surface area contributed by atoms with Crippen LogP contribution in [0.2, 0.25) is 0 Å². The Balaban J connectivity index is 2.02. The number of nitrogens with one attached hydrogen (secondary N) is 1. The van der Waals surface area contributed by atoms with Gasteiger partial charge in [-0.3, -0.25) is 9.80 Å². The zero-order valence-corrected chi connectivity index (χ0v) is 8.81. The Hall–Kier alpha value is -0.550. The molecule has 2 aliphatic rings. The lowest BCUT2D eigenvalue weighted by molar-refractivity contribution is -0.131. The lowest BCUT2D eigenvalue weighted by Gasteiger charge is -2.32. The van der Waals surface area contributed by atoms with E-state index in [0.717, 1.165) is 30.6 Å². The van der Waals surface area contributed by atoms with Gasteiger partial charge in [0.2, 0.25) is 5.91 Å². The van der Waals surface area contributed by atoms with Gasteiger partial charge in [0, 0.05) is 12.0 Å². The van der Waals surface area contributed by atoms with Crippen LogP contribution in [0.4, 0.5) is 0 Å². The summed E-state index contributed by atoms with van der Waals surface area (Å²) in [5.74, 6) is 2.27. The molecule has 0 aliphatic carbocycles. The molecule has 1 amide bonds. The van der Waals surface area contributed by atoms with Crippen molar-refractivity contribution < 1.29 is 9.59 Å². The maximum Gasteiger partial charge on any atom is 0.239 e. The van der Waals surface area contributed by atoms with E-state index in [9.17, 15) is 9.59 Å². The predicted octanol–water partition coefficient (Wildman–Crippen LogP) is 0.188. The Bertz CT molecular complexity index is 251. The molecule has 0 radical (unpaired) electrons. The van der Waals surface area contributed by atoms with Gasteiger partial charge in [0.1, 0.15) is 6.29 Å². The van der Waals surface area contributed by atoms with Gasteiger partial charge in [0.25, 0.3) is 0 Å². The van der Waals surface area contributed by atoms with Gasteiger partial charge in [0.15, 0.2) is 0 Å². The van der Waals surface area contributed by atoms with Crippen molar-refractivity contribution in [2.24, 2.45) is 0 Å². The van der Waals surface area contributed by atoms with Crippen molar-refractivity contribution in [1.29, 1.82) is 0 Å². The van der Waals surface area contributed by atoms with Crippen LogP contribution in [0.5, 0.6) is 0 Å². The summed E-state index contributed by atoms with van der Waals surface area (Å²) < 4.78 is 0. The summed E-state index contributed by atoms with van der Waals surface area (Å²) in [7, 11) is 0. The molecule has 0 atom stereocenters. The van der Waals surface area contributed by atoms with Gasteiger partial charge in [-0.1, -0.05) is 0 Å². The van der Waals surface area contributed by atoms with Crippen molar-refractivity contribution in [3.05, 3.63) is 0 Å². The van der Waals surface area contributed by atoms with Gasteiger partial charge in [-0.25, -0.2) is 5.43 Å². The first-order valence-corrected chi connectivity index (χ1v) is 6.01. The summed E-state index contributed by atoms with van der Waals surface area (Å²) in [6.07, 6.45) is 3.38. The summed E-state index contributed by atoms with van der Waals surface area (Å²) >= 11 is 1.93. The second-order valence-electron chi connectivity index (χ2n) is 3.85. The molecule has 2 aliphatic heterocycles. The fourth-order valence-corrected chi connectivity index (χ4v) is 3.32. The third-order valence-corrected chi connectivity index (χ3v) is 3.86. The molecule has 4 nitrogen and oxygen atoms in total. The quantitative estimate of drug-likeness (QED) is 0.667. The number of nitrogens with zero attached hydrogens (tertiary/aromatic N) is 1. The molecule has 2 heterocycles. The van der Waals surface area contributed by atoms with Gasteiger partial charge in [-0.05, 0) is 24.3 Å². The van der Waals surface area contributed by atoms with Crippen LogP contribution in [0.3, 0.4) is 0 Å². The molecule has 5 heteroatoms. The van der Waals surface area contributed by atoms with Gasteiger partial charge in [-0.15, -0.1) is 0 Å². The maximum absolute atomic E-state index is 11.5. The number of carbonyl (C=O) groups is 2. The maximum atomic E-state index is 11.5. The highest BCUT2D eigenvalue weighted by molar-refractivity contribution is 7.99. The molecule has 2 saturated heterocycles. The average Bonchev–Trinajstić information content (AvgIpc) is 2.45. The van der Waals surface area contributed by atoms with Crippen LogP contribution in [0.25, 0.3) is 0 Å². The third kappa shape index (κ3) is 1.79. The second-order valence-corrected chi connectivity index (χ2v) is 5.08. The molecule has 2 fully saturated rings. The van der Waals surface area contributed by atoms with Crippen LogP contribution in [-0.2, 0) is 9.59 Å². The van der Waals surface area contributed by atoms with Crippen LogP contribution in [-0.4, -0.2) is 40.8 Å². The Morgan fingerprint density at radius 2 is 2.21 bits per heavy atom. The van der Waals surface area contributed by atoms with Crippen molar-refractivity contribution >= 4 is 24.0 Å². The minimum Gasteiger partial charge on any atom is -0.301 e. The molecule has 0 bridgehead atoms. The zero-order valence-electron chi connectivity index (χ0n) is 7.99. The van der Waals surface area contributed by atoms with E-state index in [0.29, 0.717) is 6.42 Å². The first-order chi connectivity index (χ1) is 6.76. The summed E-state index contributed by atoms with van der Waals surface area (Å²) in [5.41, 5.74) is 3.16. The molecule has 2 rings (SSSR count). The monoisotopic (exact) mass is 214 g/mol. The Kier molecular flexibility index (Phi) is 2.78. The van der Waals surface area contributed by atoms with Crippen molar-refractivity contribution in [3.63, 3.8) is 0 Å². The number of carbonyl (C=O) groups excluding carboxylic acids is 2. The zero-order chi connectivity index (χ0) is 10.0. The van der Waals surface area contributed by atoms with E-state index in [-0.39, 0.29) is 18.0 Å². The normalized spacial score (nSPS) is 25.7. The second kappa shape index (κ2) is 3.90. The minimum atomic E-state index is -0.0364. The van der Waals surface area contributed by atoms with E-state index in [1.54, 1.807) is 0 Å². The molecule has 0 unspecified atom stereocenters. The van der Waals surface area contributed by atoms with Gasteiger partial charge < -0.3 is 4.79 Å². The number of rotatable bonds is 2. The van der Waals surface area contributed by atoms with Crippen molar-refractivity contribution in [1.82, 2.24) is 10.4 Å². The smallest absolute Gasteiger partial charge is 0.239 e. The van der Waals surface area contributed by atoms with Crippen LogP contribution < -0.4 is 5.43 Å². The molecule has 78 valence electrons. The van der Waals surface area contributed by atoms with Gasteiger partial charge in [-0.2, -0.15) is 11.8 Å². The van der Waals surface area contributed by atoms with Crippen molar-refractivity contribution in [2.45, 2.75) is 24.8 Å². The summed E-state index contributed by atoms with van der Waals surface area (Å²) in [4.78, 5) is 21.9. The van der Waals surface area contributed by atoms with Crippen LogP contribution >= 0.6 is 11.8 Å². The molecule has 0 aromatic rings. The highest BCUT2D eigenvalue weighted by Gasteiger charge is 2.43. The van der Waals surface area contributed by atoms with Crippen LogP contribution in [0.1, 0.15) is 19.3 Å². The largest absolute Gasteiger partial charge is 0.301 e. The van der Waals surface area contributed by atoms with E-state index >= 15 is 0 Å². The molecule has 14 heavy (non-hydrogen) atoms. The lowest BCUT2D eigenvalue weighted by atomic mass is 9.91. The van der Waals surface area contributed by atoms with Crippen molar-refractivity contribution in [2.75, 3.05) is 18.1 Å². The first-order valence-electron chi connectivity index (χ1n) is 4.85. The van der Waals surface area contributed by atoms with Crippen LogP contribution in [0, 0.1) is 0 Å². The SMILES string of the molecule is O=CCN1NC2(CCSCC2)CC1=O. The molecule has 0 aromatic heterocycles. The van der Waals surface area contributed by atoms with Crippen LogP contribution in [0.15, 0.2) is 0 Å². The number of aldehydes is 1. The molecular formula is C9H14N2O2S. The predicted molar refractivity (Wildman–Crippen MR) is 54.8 cm³/mol. The summed E-state index contributed by atoms with van der Waals surface area (Å²) in [6.45, 7) is 0.174. The summed E-state index contributed by atoms with van der Waals surface area (Å²) in [6, 6.07) is 0. The molecule has 0 aromatic carbocycles. The van der Waals surface area contributed by atoms with E-state index < -0.39 is 0 Å². The topological polar surface area (TPSA) is 49.4 Å². The van der Waals surface area contributed by atoms with E-state index in [2.05, 4.69) is 5.43 Å². The molecular weight excluding hydrogens is 200 g/mol. The van der Waals surface area contributed by atoms with Gasteiger partial charge >= 0.3 is 0 Å². The highest BCUT2D eigenvalue weighted by Crippen LogP contribution is 2.33. The van der Waals surface area contributed by atoms with Crippen molar-refractivity contribution in [3.8, 4) is 0 Å². The number of hydrogen-bond acceptors (Lipinski definition) is 4. The van der Waals surface area contributed by atoms with Gasteiger partial charge in [0.05, 0.1) is 6.54 Å².